The van der Waals surface area contributed by atoms with Crippen molar-refractivity contribution in [2.24, 2.45) is 0 Å². The molecule has 2 aromatic carbocycles. The van der Waals surface area contributed by atoms with Gasteiger partial charge in [0.2, 0.25) is 5.91 Å². The molecule has 0 aliphatic carbocycles. The third kappa shape index (κ3) is 6.63. The molecule has 4 nitrogen and oxygen atoms in total. The van der Waals surface area contributed by atoms with E-state index < -0.39 is 0 Å². The average Bonchev–Trinajstić information content (AvgIpc) is 2.62. The lowest BCUT2D eigenvalue weighted by Gasteiger charge is -2.10. The van der Waals surface area contributed by atoms with Crippen molar-refractivity contribution in [3.05, 3.63) is 60.2 Å². The quantitative estimate of drug-likeness (QED) is 0.491. The van der Waals surface area contributed by atoms with Crippen LogP contribution < -0.4 is 14.8 Å². The molecule has 0 saturated heterocycles. The number of benzene rings is 2. The van der Waals surface area contributed by atoms with Gasteiger partial charge in [0.1, 0.15) is 11.5 Å². The maximum Gasteiger partial charge on any atom is 0.248 e. The lowest BCUT2D eigenvalue weighted by molar-refractivity contribution is -0.111. The summed E-state index contributed by atoms with van der Waals surface area (Å²) in [6, 6.07) is 15.0. The van der Waals surface area contributed by atoms with Gasteiger partial charge < -0.3 is 14.8 Å². The molecule has 0 aliphatic rings. The topological polar surface area (TPSA) is 47.6 Å². The summed E-state index contributed by atoms with van der Waals surface area (Å²) >= 11 is 0. The summed E-state index contributed by atoms with van der Waals surface area (Å²) in [6.07, 6.45) is 5.50. The predicted octanol–water partition coefficient (Wildman–Crippen LogP) is 5.30. The Hall–Kier alpha value is -2.75. The lowest BCUT2D eigenvalue weighted by atomic mass is 10.2. The van der Waals surface area contributed by atoms with Crippen LogP contribution >= 0.6 is 0 Å². The maximum absolute atomic E-state index is 12.2. The maximum atomic E-state index is 12.2. The number of carbonyl (C=O) groups excluding carboxylic acids is 1. The Balaban J connectivity index is 1.95. The van der Waals surface area contributed by atoms with Gasteiger partial charge in [-0.3, -0.25) is 4.79 Å². The zero-order chi connectivity index (χ0) is 18.8. The molecule has 0 atom stereocenters. The minimum absolute atomic E-state index is 0.123. The second kappa shape index (κ2) is 10.3. The van der Waals surface area contributed by atoms with Crippen molar-refractivity contribution < 1.29 is 14.3 Å². The predicted molar refractivity (Wildman–Crippen MR) is 107 cm³/mol. The highest BCUT2D eigenvalue weighted by Gasteiger charge is 2.03. The van der Waals surface area contributed by atoms with Crippen molar-refractivity contribution in [3.63, 3.8) is 0 Å². The fourth-order valence-electron chi connectivity index (χ4n) is 2.31. The van der Waals surface area contributed by atoms with Crippen LogP contribution in [-0.4, -0.2) is 18.6 Å². The van der Waals surface area contributed by atoms with Gasteiger partial charge in [-0.15, -0.1) is 0 Å². The number of amides is 1. The van der Waals surface area contributed by atoms with Crippen LogP contribution in [0.4, 0.5) is 5.69 Å². The number of anilines is 1. The number of ether oxygens (including phenoxy) is 2. The van der Waals surface area contributed by atoms with E-state index in [4.69, 9.17) is 9.47 Å². The van der Waals surface area contributed by atoms with E-state index in [2.05, 4.69) is 12.2 Å². The van der Waals surface area contributed by atoms with E-state index in [1.54, 1.807) is 6.08 Å². The molecule has 2 rings (SSSR count). The van der Waals surface area contributed by atoms with Crippen molar-refractivity contribution in [2.45, 2.75) is 39.7 Å². The summed E-state index contributed by atoms with van der Waals surface area (Å²) in [5, 5.41) is 2.84. The molecular weight excluding hydrogens is 326 g/mol. The van der Waals surface area contributed by atoms with Gasteiger partial charge in [-0.25, -0.2) is 0 Å². The van der Waals surface area contributed by atoms with Crippen molar-refractivity contribution in [2.75, 3.05) is 11.9 Å². The van der Waals surface area contributed by atoms with Crippen LogP contribution in [-0.2, 0) is 4.79 Å². The van der Waals surface area contributed by atoms with Crippen LogP contribution in [0.25, 0.3) is 6.08 Å². The molecule has 1 amide bonds. The second-order valence-corrected chi connectivity index (χ2v) is 6.25. The van der Waals surface area contributed by atoms with Gasteiger partial charge in [-0.2, -0.15) is 0 Å². The van der Waals surface area contributed by atoms with E-state index in [1.807, 2.05) is 62.4 Å². The number of para-hydroxylation sites is 1. The number of unbranched alkanes of at least 4 members (excludes halogenated alkanes) is 1. The summed E-state index contributed by atoms with van der Waals surface area (Å²) < 4.78 is 11.4. The standard InChI is InChI=1S/C22H27NO3/c1-4-5-16-25-21-9-7-6-8-18(21)10-15-22(24)23-19-11-13-20(14-12-19)26-17(2)3/h6-15,17H,4-5,16H2,1-3H3,(H,23,24). The molecule has 0 spiro atoms. The number of hydrogen-bond acceptors (Lipinski definition) is 3. The first-order valence-corrected chi connectivity index (χ1v) is 9.06. The third-order valence-electron chi connectivity index (χ3n) is 3.58. The Morgan fingerprint density at radius 3 is 2.54 bits per heavy atom. The molecule has 2 aromatic rings. The van der Waals surface area contributed by atoms with E-state index >= 15 is 0 Å². The van der Waals surface area contributed by atoms with E-state index in [-0.39, 0.29) is 12.0 Å². The Kier molecular flexibility index (Phi) is 7.75. The molecule has 0 unspecified atom stereocenters. The molecule has 0 aromatic heterocycles. The Morgan fingerprint density at radius 1 is 1.12 bits per heavy atom. The summed E-state index contributed by atoms with van der Waals surface area (Å²) in [4.78, 5) is 12.2. The number of rotatable bonds is 9. The number of carbonyl (C=O) groups is 1. The molecule has 4 heteroatoms. The molecule has 0 radical (unpaired) electrons. The van der Waals surface area contributed by atoms with E-state index in [9.17, 15) is 4.79 Å². The Labute approximate surface area is 155 Å². The molecule has 0 fully saturated rings. The Morgan fingerprint density at radius 2 is 1.85 bits per heavy atom. The van der Waals surface area contributed by atoms with Gasteiger partial charge in [-0.05, 0) is 56.7 Å². The minimum atomic E-state index is -0.189. The third-order valence-corrected chi connectivity index (χ3v) is 3.58. The van der Waals surface area contributed by atoms with Crippen LogP contribution in [0.1, 0.15) is 39.2 Å². The molecule has 0 aliphatic heterocycles. The highest BCUT2D eigenvalue weighted by Crippen LogP contribution is 2.20. The normalized spacial score (nSPS) is 10.9. The molecular formula is C22H27NO3. The SMILES string of the molecule is CCCCOc1ccccc1C=CC(=O)Nc1ccc(OC(C)C)cc1. The highest BCUT2D eigenvalue weighted by atomic mass is 16.5. The van der Waals surface area contributed by atoms with Gasteiger partial charge in [0, 0.05) is 17.3 Å². The van der Waals surface area contributed by atoms with Crippen molar-refractivity contribution in [3.8, 4) is 11.5 Å². The molecule has 1 N–H and O–H groups in total. The van der Waals surface area contributed by atoms with E-state index in [0.717, 1.165) is 35.6 Å². The zero-order valence-corrected chi connectivity index (χ0v) is 15.7. The lowest BCUT2D eigenvalue weighted by Crippen LogP contribution is -2.08. The summed E-state index contributed by atoms with van der Waals surface area (Å²) in [7, 11) is 0. The van der Waals surface area contributed by atoms with Crippen LogP contribution in [0, 0.1) is 0 Å². The molecule has 138 valence electrons. The molecule has 26 heavy (non-hydrogen) atoms. The first kappa shape index (κ1) is 19.6. The van der Waals surface area contributed by atoms with Gasteiger partial charge in [-0.1, -0.05) is 31.5 Å². The summed E-state index contributed by atoms with van der Waals surface area (Å²) in [6.45, 7) is 6.76. The minimum Gasteiger partial charge on any atom is -0.493 e. The summed E-state index contributed by atoms with van der Waals surface area (Å²) in [5.74, 6) is 1.39. The molecule has 0 saturated carbocycles. The average molecular weight is 353 g/mol. The molecule has 0 bridgehead atoms. The molecule has 0 heterocycles. The first-order chi connectivity index (χ1) is 12.6. The second-order valence-electron chi connectivity index (χ2n) is 6.25. The summed E-state index contributed by atoms with van der Waals surface area (Å²) in [5.41, 5.74) is 1.61. The van der Waals surface area contributed by atoms with Gasteiger partial charge in [0.15, 0.2) is 0 Å². The smallest absolute Gasteiger partial charge is 0.248 e. The number of hydrogen-bond donors (Lipinski definition) is 1. The highest BCUT2D eigenvalue weighted by molar-refractivity contribution is 6.02. The fourth-order valence-corrected chi connectivity index (χ4v) is 2.31. The van der Waals surface area contributed by atoms with Crippen LogP contribution in [0.15, 0.2) is 54.6 Å². The Bertz CT molecular complexity index is 720. The van der Waals surface area contributed by atoms with Gasteiger partial charge in [0.25, 0.3) is 0 Å². The van der Waals surface area contributed by atoms with Crippen LogP contribution in [0.3, 0.4) is 0 Å². The van der Waals surface area contributed by atoms with Crippen molar-refractivity contribution in [1.82, 2.24) is 0 Å². The van der Waals surface area contributed by atoms with Gasteiger partial charge in [0.05, 0.1) is 12.7 Å². The number of nitrogens with one attached hydrogen (secondary N) is 1. The van der Waals surface area contributed by atoms with Crippen LogP contribution in [0.2, 0.25) is 0 Å². The van der Waals surface area contributed by atoms with Crippen LogP contribution in [0.5, 0.6) is 11.5 Å². The zero-order valence-electron chi connectivity index (χ0n) is 15.7. The largest absolute Gasteiger partial charge is 0.493 e. The monoisotopic (exact) mass is 353 g/mol. The van der Waals surface area contributed by atoms with E-state index in [1.165, 1.54) is 6.08 Å². The first-order valence-electron chi connectivity index (χ1n) is 9.06. The van der Waals surface area contributed by atoms with Crippen molar-refractivity contribution >= 4 is 17.7 Å². The van der Waals surface area contributed by atoms with E-state index in [0.29, 0.717) is 6.61 Å². The fraction of sp³-hybridized carbons (Fsp3) is 0.318. The van der Waals surface area contributed by atoms with Crippen molar-refractivity contribution in [1.29, 1.82) is 0 Å². The van der Waals surface area contributed by atoms with Gasteiger partial charge >= 0.3 is 0 Å².